The van der Waals surface area contributed by atoms with Crippen molar-refractivity contribution in [3.8, 4) is 0 Å². The van der Waals surface area contributed by atoms with E-state index < -0.39 is 16.1 Å². The zero-order chi connectivity index (χ0) is 14.5. The number of benzene rings is 1. The van der Waals surface area contributed by atoms with Crippen molar-refractivity contribution in [1.29, 1.82) is 0 Å². The van der Waals surface area contributed by atoms with Crippen molar-refractivity contribution in [2.24, 2.45) is 0 Å². The number of carbonyl (C=O) groups excluding carboxylic acids is 1. The highest BCUT2D eigenvalue weighted by Gasteiger charge is 2.20. The van der Waals surface area contributed by atoms with Gasteiger partial charge in [0.2, 0.25) is 0 Å². The van der Waals surface area contributed by atoms with Gasteiger partial charge in [0.15, 0.2) is 0 Å². The van der Waals surface area contributed by atoms with E-state index in [-0.39, 0.29) is 9.92 Å². The quantitative estimate of drug-likeness (QED) is 0.569. The largest absolute Gasteiger partial charge is 0.399 e. The van der Waals surface area contributed by atoms with Crippen LogP contribution in [0.25, 0.3) is 0 Å². The molecule has 0 spiro atoms. The van der Waals surface area contributed by atoms with Crippen LogP contribution in [-0.2, 0) is 10.0 Å². The normalized spacial score (nSPS) is 11.1. The van der Waals surface area contributed by atoms with Gasteiger partial charge in [0, 0.05) is 12.2 Å². The highest BCUT2D eigenvalue weighted by atomic mass is 35.5. The molecular weight excluding hydrogens is 290 g/mol. The Morgan fingerprint density at radius 1 is 1.42 bits per heavy atom. The van der Waals surface area contributed by atoms with E-state index in [0.717, 1.165) is 12.8 Å². The van der Waals surface area contributed by atoms with Crippen molar-refractivity contribution in [2.75, 3.05) is 12.3 Å². The second kappa shape index (κ2) is 6.63. The zero-order valence-corrected chi connectivity index (χ0v) is 12.0. The summed E-state index contributed by atoms with van der Waals surface area (Å²) in [6.45, 7) is 2.37. The lowest BCUT2D eigenvalue weighted by Gasteiger charge is -2.09. The number of urea groups is 1. The minimum absolute atomic E-state index is 0.0335. The van der Waals surface area contributed by atoms with Crippen LogP contribution in [0.3, 0.4) is 0 Å². The summed E-state index contributed by atoms with van der Waals surface area (Å²) < 4.78 is 25.7. The van der Waals surface area contributed by atoms with Gasteiger partial charge in [-0.1, -0.05) is 24.9 Å². The number of rotatable bonds is 5. The minimum atomic E-state index is -3.99. The van der Waals surface area contributed by atoms with Crippen LogP contribution in [0, 0.1) is 0 Å². The van der Waals surface area contributed by atoms with Crippen LogP contribution in [0.4, 0.5) is 10.5 Å². The summed E-state index contributed by atoms with van der Waals surface area (Å²) in [5.41, 5.74) is 5.82. The molecule has 2 amide bonds. The van der Waals surface area contributed by atoms with Crippen LogP contribution in [0.2, 0.25) is 5.02 Å². The molecule has 0 saturated heterocycles. The first-order valence-electron chi connectivity index (χ1n) is 5.72. The molecule has 1 aromatic rings. The Kier molecular flexibility index (Phi) is 5.44. The van der Waals surface area contributed by atoms with E-state index >= 15 is 0 Å². The molecule has 0 unspecified atom stereocenters. The van der Waals surface area contributed by atoms with Gasteiger partial charge in [-0.2, -0.15) is 0 Å². The summed E-state index contributed by atoms with van der Waals surface area (Å²) >= 11 is 5.79. The fraction of sp³-hybridized carbons (Fsp3) is 0.364. The Morgan fingerprint density at radius 2 is 2.11 bits per heavy atom. The molecule has 19 heavy (non-hydrogen) atoms. The fourth-order valence-corrected chi connectivity index (χ4v) is 2.81. The van der Waals surface area contributed by atoms with Crippen LogP contribution in [0.5, 0.6) is 0 Å². The van der Waals surface area contributed by atoms with E-state index in [1.807, 2.05) is 11.6 Å². The van der Waals surface area contributed by atoms with E-state index in [0.29, 0.717) is 12.2 Å². The van der Waals surface area contributed by atoms with Gasteiger partial charge in [-0.15, -0.1) is 0 Å². The van der Waals surface area contributed by atoms with Crippen molar-refractivity contribution >= 4 is 33.3 Å². The molecule has 8 heteroatoms. The average molecular weight is 306 g/mol. The molecule has 0 radical (unpaired) electrons. The number of unbranched alkanes of at least 4 members (excludes halogenated alkanes) is 1. The summed E-state index contributed by atoms with van der Waals surface area (Å²) in [7, 11) is -3.99. The molecule has 0 bridgehead atoms. The maximum atomic E-state index is 11.9. The second-order valence-corrected chi connectivity index (χ2v) is 5.96. The molecule has 4 N–H and O–H groups in total. The predicted molar refractivity (Wildman–Crippen MR) is 74.5 cm³/mol. The van der Waals surface area contributed by atoms with Crippen molar-refractivity contribution in [3.63, 3.8) is 0 Å². The smallest absolute Gasteiger partial charge is 0.328 e. The van der Waals surface area contributed by atoms with Gasteiger partial charge in [-0.05, 0) is 24.6 Å². The number of anilines is 1. The molecule has 0 aromatic heterocycles. The third-order valence-electron chi connectivity index (χ3n) is 2.29. The van der Waals surface area contributed by atoms with Gasteiger partial charge in [0.1, 0.15) is 4.90 Å². The topological polar surface area (TPSA) is 101 Å². The van der Waals surface area contributed by atoms with Crippen molar-refractivity contribution in [1.82, 2.24) is 10.0 Å². The molecule has 0 fully saturated rings. The van der Waals surface area contributed by atoms with Gasteiger partial charge in [-0.25, -0.2) is 17.9 Å². The van der Waals surface area contributed by atoms with Crippen LogP contribution in [0.15, 0.2) is 23.1 Å². The fourth-order valence-electron chi connectivity index (χ4n) is 1.33. The van der Waals surface area contributed by atoms with Crippen LogP contribution in [0.1, 0.15) is 19.8 Å². The summed E-state index contributed by atoms with van der Waals surface area (Å²) in [5.74, 6) is 0. The number of sulfonamides is 1. The maximum Gasteiger partial charge on any atom is 0.328 e. The Hall–Kier alpha value is -1.47. The molecule has 0 aliphatic heterocycles. The van der Waals surface area contributed by atoms with Crippen molar-refractivity contribution in [3.05, 3.63) is 23.2 Å². The number of amides is 2. The average Bonchev–Trinajstić information content (AvgIpc) is 2.27. The first-order chi connectivity index (χ1) is 8.86. The summed E-state index contributed by atoms with van der Waals surface area (Å²) in [5, 5.41) is 2.41. The summed E-state index contributed by atoms with van der Waals surface area (Å²) in [6.07, 6.45) is 1.67. The Bertz CT molecular complexity index is 560. The second-order valence-electron chi connectivity index (χ2n) is 3.90. The number of nitrogens with two attached hydrogens (primary N) is 1. The first kappa shape index (κ1) is 15.6. The highest BCUT2D eigenvalue weighted by Crippen LogP contribution is 2.23. The minimum Gasteiger partial charge on any atom is -0.399 e. The SMILES string of the molecule is CCCCNC(=O)NS(=O)(=O)c1ccc(N)cc1Cl. The van der Waals surface area contributed by atoms with Crippen molar-refractivity contribution < 1.29 is 13.2 Å². The Balaban J connectivity index is 2.78. The standard InChI is InChI=1S/C11H16ClN3O3S/c1-2-3-6-14-11(16)15-19(17,18)10-5-4-8(13)7-9(10)12/h4-5,7H,2-3,6,13H2,1H3,(H2,14,15,16). The van der Waals surface area contributed by atoms with E-state index in [1.54, 1.807) is 0 Å². The van der Waals surface area contributed by atoms with Gasteiger partial charge < -0.3 is 11.1 Å². The lowest BCUT2D eigenvalue weighted by atomic mass is 10.3. The number of hydrogen-bond donors (Lipinski definition) is 3. The maximum absolute atomic E-state index is 11.9. The number of hydrogen-bond acceptors (Lipinski definition) is 4. The molecule has 1 aromatic carbocycles. The van der Waals surface area contributed by atoms with Crippen LogP contribution in [-0.4, -0.2) is 21.0 Å². The van der Waals surface area contributed by atoms with Gasteiger partial charge in [0.25, 0.3) is 10.0 Å². The number of nitrogens with one attached hydrogen (secondary N) is 2. The summed E-state index contributed by atoms with van der Waals surface area (Å²) in [6, 6.07) is 3.18. The number of carbonyl (C=O) groups is 1. The van der Waals surface area contributed by atoms with Gasteiger partial charge >= 0.3 is 6.03 Å². The molecule has 0 saturated carbocycles. The molecule has 0 aliphatic rings. The van der Waals surface area contributed by atoms with Gasteiger partial charge in [0.05, 0.1) is 5.02 Å². The van der Waals surface area contributed by atoms with Gasteiger partial charge in [-0.3, -0.25) is 0 Å². The van der Waals surface area contributed by atoms with E-state index in [9.17, 15) is 13.2 Å². The zero-order valence-electron chi connectivity index (χ0n) is 10.4. The monoisotopic (exact) mass is 305 g/mol. The lowest BCUT2D eigenvalue weighted by molar-refractivity contribution is 0.245. The van der Waals surface area contributed by atoms with Crippen LogP contribution >= 0.6 is 11.6 Å². The first-order valence-corrected chi connectivity index (χ1v) is 7.58. The molecule has 1 rings (SSSR count). The van der Waals surface area contributed by atoms with E-state index in [4.69, 9.17) is 17.3 Å². The Morgan fingerprint density at radius 3 is 2.68 bits per heavy atom. The van der Waals surface area contributed by atoms with E-state index in [1.165, 1.54) is 18.2 Å². The molecular formula is C11H16ClN3O3S. The molecule has 0 heterocycles. The third-order valence-corrected chi connectivity index (χ3v) is 4.10. The lowest BCUT2D eigenvalue weighted by Crippen LogP contribution is -2.39. The highest BCUT2D eigenvalue weighted by molar-refractivity contribution is 7.90. The van der Waals surface area contributed by atoms with Crippen LogP contribution < -0.4 is 15.8 Å². The number of halogens is 1. The molecule has 0 atom stereocenters. The molecule has 6 nitrogen and oxygen atoms in total. The Labute approximate surface area is 117 Å². The van der Waals surface area contributed by atoms with Crippen molar-refractivity contribution in [2.45, 2.75) is 24.7 Å². The summed E-state index contributed by atoms with van der Waals surface area (Å²) in [4.78, 5) is 11.2. The molecule has 106 valence electrons. The molecule has 0 aliphatic carbocycles. The van der Waals surface area contributed by atoms with E-state index in [2.05, 4.69) is 5.32 Å². The predicted octanol–water partition coefficient (Wildman–Crippen LogP) is 1.71. The third kappa shape index (κ3) is 4.60. The number of nitrogen functional groups attached to an aromatic ring is 1.